The second-order valence-corrected chi connectivity index (χ2v) is 12.1. The Bertz CT molecular complexity index is 1780. The molecule has 1 fully saturated rings. The van der Waals surface area contributed by atoms with E-state index in [-0.39, 0.29) is 24.3 Å². The molecule has 0 spiro atoms. The molecule has 0 saturated carbocycles. The monoisotopic (exact) mass is 708 g/mol. The molecule has 2 aromatic carbocycles. The Morgan fingerprint density at radius 1 is 0.904 bits per heavy atom. The molecule has 2 aromatic heterocycles. The summed E-state index contributed by atoms with van der Waals surface area (Å²) in [4.78, 5) is 59.1. The van der Waals surface area contributed by atoms with Crippen molar-refractivity contribution in [2.24, 2.45) is 5.16 Å². The van der Waals surface area contributed by atoms with Gasteiger partial charge >= 0.3 is 0 Å². The summed E-state index contributed by atoms with van der Waals surface area (Å²) in [6.45, 7) is 10.7. The molecule has 15 nitrogen and oxygen atoms in total. The number of benzene rings is 2. The number of ether oxygens (including phenoxy) is 1. The zero-order valence-electron chi connectivity index (χ0n) is 29.2. The minimum Gasteiger partial charge on any atom is -0.386 e. The van der Waals surface area contributed by atoms with Gasteiger partial charge in [0.25, 0.3) is 11.8 Å². The van der Waals surface area contributed by atoms with Gasteiger partial charge in [0.05, 0.1) is 25.5 Å². The van der Waals surface area contributed by atoms with E-state index in [1.165, 1.54) is 0 Å². The maximum Gasteiger partial charge on any atom is 0.260 e. The Morgan fingerprint density at radius 2 is 1.65 bits per heavy atom. The van der Waals surface area contributed by atoms with Crippen molar-refractivity contribution in [3.8, 4) is 11.3 Å². The fourth-order valence-electron chi connectivity index (χ4n) is 5.42. The van der Waals surface area contributed by atoms with E-state index in [1.807, 2.05) is 67.6 Å². The van der Waals surface area contributed by atoms with E-state index >= 15 is 0 Å². The number of amides is 3. The number of hydrogen-bond acceptors (Lipinski definition) is 12. The molecule has 3 amide bonds. The first-order chi connectivity index (χ1) is 25.4. The van der Waals surface area contributed by atoms with Crippen LogP contribution in [-0.2, 0) is 25.7 Å². The number of carbonyl (C=O) groups excluding carboxylic acids is 3. The van der Waals surface area contributed by atoms with Gasteiger partial charge in [-0.25, -0.2) is 9.97 Å². The molecule has 0 bridgehead atoms. The molecule has 4 N–H and O–H groups in total. The summed E-state index contributed by atoms with van der Waals surface area (Å²) in [6.07, 6.45) is 5.17. The molecule has 0 unspecified atom stereocenters. The van der Waals surface area contributed by atoms with E-state index in [0.717, 1.165) is 60.8 Å². The lowest BCUT2D eigenvalue weighted by Gasteiger charge is -2.34. The smallest absolute Gasteiger partial charge is 0.260 e. The van der Waals surface area contributed by atoms with Gasteiger partial charge in [-0.05, 0) is 60.5 Å². The summed E-state index contributed by atoms with van der Waals surface area (Å²) in [7, 11) is 0. The molecule has 0 radical (unpaired) electrons. The lowest BCUT2D eigenvalue weighted by atomic mass is 10.1. The largest absolute Gasteiger partial charge is 0.386 e. The van der Waals surface area contributed by atoms with Crippen molar-refractivity contribution in [3.05, 3.63) is 95.9 Å². The lowest BCUT2D eigenvalue weighted by molar-refractivity contribution is -0.125. The summed E-state index contributed by atoms with van der Waals surface area (Å²) in [5.74, 6) is -0.111. The van der Waals surface area contributed by atoms with Gasteiger partial charge in [0.2, 0.25) is 11.9 Å². The van der Waals surface area contributed by atoms with Gasteiger partial charge in [0, 0.05) is 93.6 Å². The quantitative estimate of drug-likeness (QED) is 0.0680. The molecule has 1 aliphatic rings. The number of hydrogen-bond donors (Lipinski definition) is 4. The van der Waals surface area contributed by atoms with Crippen LogP contribution in [0.2, 0.25) is 0 Å². The van der Waals surface area contributed by atoms with Crippen LogP contribution < -0.4 is 21.3 Å². The highest BCUT2D eigenvalue weighted by molar-refractivity contribution is 6.04. The molecule has 0 atom stereocenters. The maximum absolute atomic E-state index is 13.1. The molecule has 1 saturated heterocycles. The molecular formula is C37H44N10O5. The van der Waals surface area contributed by atoms with Gasteiger partial charge in [0.15, 0.2) is 6.61 Å². The SMILES string of the molecule is C=NOCC(=O)NCCOCCNC(=O)CN1CCN(Cc2ccc(C(=O)Nc3ccc(C)c(Nc4nccc(-c5cccnc5)n4)c3)cc2)CC1. The van der Waals surface area contributed by atoms with Crippen molar-refractivity contribution in [2.75, 3.05) is 76.3 Å². The second kappa shape index (κ2) is 19.6. The van der Waals surface area contributed by atoms with E-state index in [0.29, 0.717) is 50.0 Å². The Hall–Kier alpha value is -5.77. The van der Waals surface area contributed by atoms with E-state index in [4.69, 9.17) is 4.74 Å². The normalized spacial score (nSPS) is 13.2. The van der Waals surface area contributed by atoms with Crippen molar-refractivity contribution in [3.63, 3.8) is 0 Å². The molecule has 52 heavy (non-hydrogen) atoms. The van der Waals surface area contributed by atoms with Crippen LogP contribution in [0.1, 0.15) is 21.5 Å². The van der Waals surface area contributed by atoms with Crippen LogP contribution in [0.3, 0.4) is 0 Å². The molecule has 4 aromatic rings. The molecule has 1 aliphatic heterocycles. The van der Waals surface area contributed by atoms with Gasteiger partial charge in [0.1, 0.15) is 0 Å². The van der Waals surface area contributed by atoms with Crippen LogP contribution in [0, 0.1) is 6.92 Å². The third-order valence-corrected chi connectivity index (χ3v) is 8.23. The van der Waals surface area contributed by atoms with Crippen LogP contribution in [0.15, 0.2) is 84.4 Å². The summed E-state index contributed by atoms with van der Waals surface area (Å²) in [6, 6.07) is 18.9. The minimum absolute atomic E-state index is 0.0491. The average molecular weight is 709 g/mol. The van der Waals surface area contributed by atoms with E-state index < -0.39 is 0 Å². The number of pyridine rings is 1. The van der Waals surface area contributed by atoms with E-state index in [1.54, 1.807) is 18.6 Å². The lowest BCUT2D eigenvalue weighted by Crippen LogP contribution is -2.49. The third kappa shape index (κ3) is 11.9. The summed E-state index contributed by atoms with van der Waals surface area (Å²) >= 11 is 0. The molecule has 0 aliphatic carbocycles. The van der Waals surface area contributed by atoms with Crippen molar-refractivity contribution in [1.29, 1.82) is 0 Å². The predicted octanol–water partition coefficient (Wildman–Crippen LogP) is 2.84. The highest BCUT2D eigenvalue weighted by Crippen LogP contribution is 2.25. The fraction of sp³-hybridized carbons (Fsp3) is 0.324. The molecular weight excluding hydrogens is 664 g/mol. The number of aryl methyl sites for hydroxylation is 1. The van der Waals surface area contributed by atoms with Gasteiger partial charge in [-0.1, -0.05) is 18.2 Å². The van der Waals surface area contributed by atoms with Crippen LogP contribution in [0.5, 0.6) is 0 Å². The average Bonchev–Trinajstić information content (AvgIpc) is 3.16. The Balaban J connectivity index is 1.00. The number of nitrogens with zero attached hydrogens (tertiary/aromatic N) is 6. The number of aromatic nitrogens is 3. The molecule has 272 valence electrons. The highest BCUT2D eigenvalue weighted by Gasteiger charge is 2.19. The zero-order valence-corrected chi connectivity index (χ0v) is 29.2. The first-order valence-electron chi connectivity index (χ1n) is 17.0. The number of piperazine rings is 1. The Labute approximate surface area is 302 Å². The second-order valence-electron chi connectivity index (χ2n) is 12.1. The highest BCUT2D eigenvalue weighted by atomic mass is 16.6. The number of anilines is 3. The van der Waals surface area contributed by atoms with Crippen molar-refractivity contribution >= 4 is 41.8 Å². The Morgan fingerprint density at radius 3 is 2.38 bits per heavy atom. The Kier molecular flexibility index (Phi) is 14.1. The third-order valence-electron chi connectivity index (χ3n) is 8.23. The van der Waals surface area contributed by atoms with Crippen LogP contribution in [0.4, 0.5) is 17.3 Å². The van der Waals surface area contributed by atoms with Gasteiger partial charge in [-0.15, -0.1) is 5.16 Å². The first kappa shape index (κ1) is 37.5. The summed E-state index contributed by atoms with van der Waals surface area (Å²) < 4.78 is 5.43. The molecule has 3 heterocycles. The van der Waals surface area contributed by atoms with E-state index in [9.17, 15) is 14.4 Å². The maximum atomic E-state index is 13.1. The van der Waals surface area contributed by atoms with Gasteiger partial charge in [-0.2, -0.15) is 0 Å². The number of oxime groups is 1. The number of rotatable bonds is 18. The molecule has 15 heteroatoms. The number of nitrogens with one attached hydrogen (secondary N) is 4. The van der Waals surface area contributed by atoms with Crippen molar-refractivity contribution < 1.29 is 24.0 Å². The van der Waals surface area contributed by atoms with Crippen LogP contribution in [0.25, 0.3) is 11.3 Å². The number of carbonyl (C=O) groups is 3. The van der Waals surface area contributed by atoms with Crippen molar-refractivity contribution in [2.45, 2.75) is 13.5 Å². The van der Waals surface area contributed by atoms with Crippen LogP contribution in [-0.4, -0.2) is 115 Å². The van der Waals surface area contributed by atoms with Gasteiger partial charge in [-0.3, -0.25) is 29.2 Å². The predicted molar refractivity (Wildman–Crippen MR) is 198 cm³/mol. The minimum atomic E-state index is -0.303. The van der Waals surface area contributed by atoms with E-state index in [2.05, 4.69) is 62.7 Å². The molecule has 5 rings (SSSR count). The van der Waals surface area contributed by atoms with Crippen molar-refractivity contribution in [1.82, 2.24) is 35.4 Å². The van der Waals surface area contributed by atoms with Gasteiger partial charge < -0.3 is 30.8 Å². The topological polar surface area (TPSA) is 175 Å². The standard InChI is InChI=1S/C37H44N10O5/c1-27-5-10-31(22-33(27)45-37-42-13-11-32(44-37)30-4-3-12-39-23-30)43-36(50)29-8-6-28(7-9-29)24-46-16-18-47(19-17-46)25-34(48)40-14-20-51-21-15-41-35(49)26-52-38-2/h3-13,22-23H,2,14-21,24-26H2,1H3,(H,40,48)(H,41,49)(H,43,50)(H,42,44,45). The first-order valence-corrected chi connectivity index (χ1v) is 17.0. The summed E-state index contributed by atoms with van der Waals surface area (Å²) in [5, 5.41) is 14.9. The fourth-order valence-corrected chi connectivity index (χ4v) is 5.42. The summed E-state index contributed by atoms with van der Waals surface area (Å²) in [5.41, 5.74) is 5.74. The van der Waals surface area contributed by atoms with Crippen LogP contribution >= 0.6 is 0 Å². The zero-order chi connectivity index (χ0) is 36.5.